The third kappa shape index (κ3) is 3.80. The van der Waals surface area contributed by atoms with Gasteiger partial charge in [0.1, 0.15) is 0 Å². The fraction of sp³-hybridized carbons (Fsp3) is 0.130. The predicted molar refractivity (Wildman–Crippen MR) is 110 cm³/mol. The molecule has 28 heavy (non-hydrogen) atoms. The molecule has 0 radical (unpaired) electrons. The first-order valence-electron chi connectivity index (χ1n) is 9.12. The zero-order valence-corrected chi connectivity index (χ0v) is 15.8. The zero-order valence-electron chi connectivity index (χ0n) is 15.8. The minimum atomic E-state index is -0.169. The number of hydroxylamine groups is 2. The number of carbonyl (C=O) groups excluding carboxylic acids is 1. The fourth-order valence-electron chi connectivity index (χ4n) is 3.04. The number of aryl methyl sites for hydroxylation is 1. The Morgan fingerprint density at radius 3 is 2.32 bits per heavy atom. The van der Waals surface area contributed by atoms with Crippen molar-refractivity contribution in [1.29, 1.82) is 0 Å². The van der Waals surface area contributed by atoms with Crippen molar-refractivity contribution in [3.8, 4) is 0 Å². The molecular formula is C23H21N3O2. The van der Waals surface area contributed by atoms with E-state index in [1.807, 2.05) is 92.8 Å². The van der Waals surface area contributed by atoms with Crippen LogP contribution in [-0.4, -0.2) is 23.9 Å². The molecule has 1 atom stereocenters. The highest BCUT2D eigenvalue weighted by Gasteiger charge is 2.27. The molecule has 0 aliphatic carbocycles. The van der Waals surface area contributed by atoms with E-state index < -0.39 is 0 Å². The maximum absolute atomic E-state index is 12.3. The molecule has 3 aromatic rings. The smallest absolute Gasteiger partial charge is 0.255 e. The lowest BCUT2D eigenvalue weighted by atomic mass is 10.1. The van der Waals surface area contributed by atoms with Gasteiger partial charge in [-0.2, -0.15) is 0 Å². The van der Waals surface area contributed by atoms with E-state index >= 15 is 0 Å². The summed E-state index contributed by atoms with van der Waals surface area (Å²) in [6.07, 6.45) is -0.169. The molecule has 0 spiro atoms. The highest BCUT2D eigenvalue weighted by molar-refractivity contribution is 6.04. The van der Waals surface area contributed by atoms with Gasteiger partial charge >= 0.3 is 0 Å². The van der Waals surface area contributed by atoms with Gasteiger partial charge in [-0.25, -0.2) is 4.99 Å². The third-order valence-corrected chi connectivity index (χ3v) is 4.62. The summed E-state index contributed by atoms with van der Waals surface area (Å²) in [7, 11) is 1.87. The number of hydrogen-bond donors (Lipinski definition) is 1. The number of anilines is 1. The molecule has 0 bridgehead atoms. The number of nitrogens with zero attached hydrogens (tertiary/aromatic N) is 2. The molecule has 140 valence electrons. The van der Waals surface area contributed by atoms with Gasteiger partial charge in [0.2, 0.25) is 5.90 Å². The van der Waals surface area contributed by atoms with Crippen LogP contribution in [0.1, 0.15) is 33.2 Å². The van der Waals surface area contributed by atoms with Gasteiger partial charge in [0, 0.05) is 23.9 Å². The van der Waals surface area contributed by atoms with Crippen molar-refractivity contribution < 1.29 is 9.63 Å². The summed E-state index contributed by atoms with van der Waals surface area (Å²) in [6.45, 7) is 1.99. The molecule has 0 saturated heterocycles. The van der Waals surface area contributed by atoms with Gasteiger partial charge in [0.15, 0.2) is 6.17 Å². The first kappa shape index (κ1) is 17.9. The normalized spacial score (nSPS) is 16.4. The number of nitrogens with one attached hydrogen (secondary N) is 1. The second-order valence-electron chi connectivity index (χ2n) is 6.75. The summed E-state index contributed by atoms with van der Waals surface area (Å²) in [4.78, 5) is 22.8. The van der Waals surface area contributed by atoms with Crippen LogP contribution in [0, 0.1) is 6.92 Å². The molecule has 1 heterocycles. The van der Waals surface area contributed by atoms with E-state index in [1.54, 1.807) is 5.06 Å². The number of hydrogen-bond acceptors (Lipinski definition) is 4. The Kier molecular flexibility index (Phi) is 4.91. The summed E-state index contributed by atoms with van der Waals surface area (Å²) in [5.74, 6) is 0.429. The minimum absolute atomic E-state index is 0.133. The van der Waals surface area contributed by atoms with Gasteiger partial charge < -0.3 is 10.2 Å². The number of aliphatic imine (C=N–C) groups is 1. The lowest BCUT2D eigenvalue weighted by molar-refractivity contribution is -0.0571. The van der Waals surface area contributed by atoms with Crippen LogP contribution < -0.4 is 5.32 Å². The van der Waals surface area contributed by atoms with Gasteiger partial charge in [-0.05, 0) is 48.9 Å². The van der Waals surface area contributed by atoms with Crippen LogP contribution in [0.15, 0.2) is 83.9 Å². The molecule has 4 rings (SSSR count). The Labute approximate surface area is 164 Å². The van der Waals surface area contributed by atoms with Crippen LogP contribution in [0.4, 0.5) is 5.69 Å². The summed E-state index contributed by atoms with van der Waals surface area (Å²) < 4.78 is 0. The Hall–Kier alpha value is -3.44. The van der Waals surface area contributed by atoms with Crippen LogP contribution in [0.3, 0.4) is 0 Å². The first-order valence-corrected chi connectivity index (χ1v) is 9.12. The number of amides is 1. The van der Waals surface area contributed by atoms with E-state index in [2.05, 4.69) is 10.3 Å². The van der Waals surface area contributed by atoms with Gasteiger partial charge in [-0.3, -0.25) is 4.79 Å². The topological polar surface area (TPSA) is 53.9 Å². The van der Waals surface area contributed by atoms with Crippen LogP contribution in [0.2, 0.25) is 0 Å². The molecule has 0 fully saturated rings. The standard InChI is InChI=1S/C23H21N3O2/c1-16-8-10-18(11-9-16)22(27)24-20-14-12-19(13-15-20)23-25-21(26(2)28-23)17-6-4-3-5-7-17/h3-15,21H,1-2H3,(H,24,27). The van der Waals surface area contributed by atoms with Crippen molar-refractivity contribution in [2.45, 2.75) is 13.1 Å². The lowest BCUT2D eigenvalue weighted by Gasteiger charge is -2.15. The van der Waals surface area contributed by atoms with E-state index in [-0.39, 0.29) is 12.1 Å². The average Bonchev–Trinajstić information content (AvgIpc) is 3.11. The van der Waals surface area contributed by atoms with Gasteiger partial charge in [0.25, 0.3) is 5.91 Å². The SMILES string of the molecule is Cc1ccc(C(=O)Nc2ccc(C3=NC(c4ccccc4)N(C)O3)cc2)cc1. The highest BCUT2D eigenvalue weighted by Crippen LogP contribution is 2.28. The van der Waals surface area contributed by atoms with Crippen molar-refractivity contribution in [2.24, 2.45) is 4.99 Å². The number of carbonyl (C=O) groups is 1. The minimum Gasteiger partial charge on any atom is -0.383 e. The van der Waals surface area contributed by atoms with E-state index in [4.69, 9.17) is 4.84 Å². The molecule has 5 nitrogen and oxygen atoms in total. The third-order valence-electron chi connectivity index (χ3n) is 4.62. The molecule has 0 saturated carbocycles. The van der Waals surface area contributed by atoms with Gasteiger partial charge in [0.05, 0.1) is 0 Å². The quantitative estimate of drug-likeness (QED) is 0.731. The Bertz CT molecular complexity index is 996. The monoisotopic (exact) mass is 371 g/mol. The lowest BCUT2D eigenvalue weighted by Crippen LogP contribution is -2.19. The van der Waals surface area contributed by atoms with Crippen molar-refractivity contribution in [3.63, 3.8) is 0 Å². The summed E-state index contributed by atoms with van der Waals surface area (Å²) in [5, 5.41) is 4.64. The molecule has 1 unspecified atom stereocenters. The Balaban J connectivity index is 1.47. The number of benzene rings is 3. The van der Waals surface area contributed by atoms with Gasteiger partial charge in [-0.15, -0.1) is 5.06 Å². The van der Waals surface area contributed by atoms with Crippen molar-refractivity contribution in [1.82, 2.24) is 5.06 Å². The second kappa shape index (κ2) is 7.66. The average molecular weight is 371 g/mol. The molecule has 1 N–H and O–H groups in total. The maximum Gasteiger partial charge on any atom is 0.255 e. The van der Waals surface area contributed by atoms with Crippen LogP contribution in [0.25, 0.3) is 0 Å². The Morgan fingerprint density at radius 2 is 1.64 bits per heavy atom. The summed E-state index contributed by atoms with van der Waals surface area (Å²) >= 11 is 0. The van der Waals surface area contributed by atoms with E-state index in [9.17, 15) is 4.79 Å². The molecule has 1 aliphatic heterocycles. The molecule has 1 aliphatic rings. The largest absolute Gasteiger partial charge is 0.383 e. The Morgan fingerprint density at radius 1 is 0.964 bits per heavy atom. The second-order valence-corrected chi connectivity index (χ2v) is 6.75. The van der Waals surface area contributed by atoms with E-state index in [1.165, 1.54) is 0 Å². The zero-order chi connectivity index (χ0) is 19.5. The maximum atomic E-state index is 12.3. The van der Waals surface area contributed by atoms with E-state index in [0.29, 0.717) is 11.5 Å². The molecular weight excluding hydrogens is 350 g/mol. The van der Waals surface area contributed by atoms with E-state index in [0.717, 1.165) is 22.4 Å². The number of rotatable bonds is 4. The van der Waals surface area contributed by atoms with Crippen molar-refractivity contribution >= 4 is 17.5 Å². The molecule has 1 amide bonds. The summed E-state index contributed by atoms with van der Waals surface area (Å²) in [6, 6.07) is 25.0. The van der Waals surface area contributed by atoms with Crippen molar-refractivity contribution in [2.75, 3.05) is 12.4 Å². The van der Waals surface area contributed by atoms with Crippen LogP contribution >= 0.6 is 0 Å². The van der Waals surface area contributed by atoms with Crippen molar-refractivity contribution in [3.05, 3.63) is 101 Å². The van der Waals surface area contributed by atoms with Crippen LogP contribution in [0.5, 0.6) is 0 Å². The van der Waals surface area contributed by atoms with Gasteiger partial charge in [-0.1, -0.05) is 48.0 Å². The highest BCUT2D eigenvalue weighted by atomic mass is 16.7. The molecule has 0 aromatic heterocycles. The van der Waals surface area contributed by atoms with Crippen LogP contribution in [-0.2, 0) is 4.84 Å². The molecule has 3 aromatic carbocycles. The molecule has 5 heteroatoms. The summed E-state index contributed by atoms with van der Waals surface area (Å²) in [5.41, 5.74) is 4.41. The predicted octanol–water partition coefficient (Wildman–Crippen LogP) is 4.57. The first-order chi connectivity index (χ1) is 13.6. The fourth-order valence-corrected chi connectivity index (χ4v) is 3.04.